The van der Waals surface area contributed by atoms with Crippen molar-refractivity contribution in [3.05, 3.63) is 0 Å². The number of thioether (sulfide) groups is 1. The van der Waals surface area contributed by atoms with Crippen molar-refractivity contribution >= 4 is 22.8 Å². The molecule has 0 aromatic carbocycles. The second-order valence-electron chi connectivity index (χ2n) is 5.73. The standard InChI is InChI=1S/C13H19F3N2OS/c1-12(8-13(14,15)16)10(19)17-11(20-12)18(2)9-6-4-3-5-7-9/h9H,3-8H2,1-2H3. The minimum atomic E-state index is -4.36. The summed E-state index contributed by atoms with van der Waals surface area (Å²) in [4.78, 5) is 17.6. The Bertz CT molecular complexity index is 418. The second kappa shape index (κ2) is 5.58. The van der Waals surface area contributed by atoms with Crippen LogP contribution in [0.4, 0.5) is 13.2 Å². The van der Waals surface area contributed by atoms with Crippen LogP contribution in [0.1, 0.15) is 45.4 Å². The lowest BCUT2D eigenvalue weighted by molar-refractivity contribution is -0.147. The van der Waals surface area contributed by atoms with Crippen LogP contribution < -0.4 is 0 Å². The van der Waals surface area contributed by atoms with Crippen molar-refractivity contribution in [3.63, 3.8) is 0 Å². The van der Waals surface area contributed by atoms with Crippen molar-refractivity contribution in [1.82, 2.24) is 4.90 Å². The molecule has 20 heavy (non-hydrogen) atoms. The largest absolute Gasteiger partial charge is 0.390 e. The number of nitrogens with zero attached hydrogens (tertiary/aromatic N) is 2. The maximum absolute atomic E-state index is 12.6. The third kappa shape index (κ3) is 3.48. The van der Waals surface area contributed by atoms with Crippen molar-refractivity contribution in [3.8, 4) is 0 Å². The molecule has 1 aliphatic heterocycles. The Balaban J connectivity index is 2.04. The fourth-order valence-electron chi connectivity index (χ4n) is 2.74. The van der Waals surface area contributed by atoms with Gasteiger partial charge >= 0.3 is 6.18 Å². The number of halogens is 3. The van der Waals surface area contributed by atoms with E-state index in [-0.39, 0.29) is 6.04 Å². The molecule has 1 fully saturated rings. The molecule has 3 nitrogen and oxygen atoms in total. The maximum Gasteiger partial charge on any atom is 0.390 e. The van der Waals surface area contributed by atoms with Gasteiger partial charge in [0, 0.05) is 13.1 Å². The molecule has 1 saturated carbocycles. The van der Waals surface area contributed by atoms with Crippen molar-refractivity contribution < 1.29 is 18.0 Å². The van der Waals surface area contributed by atoms with Gasteiger partial charge in [0.05, 0.1) is 6.42 Å². The van der Waals surface area contributed by atoms with Gasteiger partial charge < -0.3 is 4.90 Å². The molecule has 0 aromatic rings. The first kappa shape index (κ1) is 15.7. The van der Waals surface area contributed by atoms with Crippen molar-refractivity contribution in [2.24, 2.45) is 4.99 Å². The highest BCUT2D eigenvalue weighted by atomic mass is 32.2. The van der Waals surface area contributed by atoms with Crippen LogP contribution in [0.25, 0.3) is 0 Å². The average Bonchev–Trinajstić information content (AvgIpc) is 2.63. The topological polar surface area (TPSA) is 32.7 Å². The first-order chi connectivity index (χ1) is 9.21. The van der Waals surface area contributed by atoms with E-state index in [1.54, 1.807) is 0 Å². The van der Waals surface area contributed by atoms with Gasteiger partial charge in [-0.2, -0.15) is 18.2 Å². The number of aliphatic imine (C=N–C) groups is 1. The number of hydrogen-bond acceptors (Lipinski definition) is 3. The van der Waals surface area contributed by atoms with E-state index < -0.39 is 23.3 Å². The molecule has 1 heterocycles. The minimum Gasteiger partial charge on any atom is -0.351 e. The number of amidine groups is 1. The molecular weight excluding hydrogens is 289 g/mol. The van der Waals surface area contributed by atoms with Gasteiger partial charge in [0.15, 0.2) is 5.17 Å². The Hall–Kier alpha value is -0.720. The number of hydrogen-bond donors (Lipinski definition) is 0. The zero-order valence-corrected chi connectivity index (χ0v) is 12.5. The van der Waals surface area contributed by atoms with Gasteiger partial charge in [-0.15, -0.1) is 0 Å². The van der Waals surface area contributed by atoms with E-state index in [1.165, 1.54) is 13.3 Å². The Kier molecular flexibility index (Phi) is 4.37. The SMILES string of the molecule is CN(C1=NC(=O)C(C)(CC(F)(F)F)S1)C1CCCCC1. The van der Waals surface area contributed by atoms with Gasteiger partial charge in [-0.25, -0.2) is 0 Å². The third-order valence-electron chi connectivity index (χ3n) is 3.93. The summed E-state index contributed by atoms with van der Waals surface area (Å²) in [6.07, 6.45) is -0.00256. The van der Waals surface area contributed by atoms with E-state index in [4.69, 9.17) is 0 Å². The number of amides is 1. The van der Waals surface area contributed by atoms with Gasteiger partial charge in [-0.1, -0.05) is 31.0 Å². The quantitative estimate of drug-likeness (QED) is 0.781. The van der Waals surface area contributed by atoms with Gasteiger partial charge in [0.2, 0.25) is 0 Å². The van der Waals surface area contributed by atoms with Gasteiger partial charge in [-0.05, 0) is 19.8 Å². The maximum atomic E-state index is 12.6. The Morgan fingerprint density at radius 1 is 1.35 bits per heavy atom. The molecule has 2 aliphatic rings. The number of alkyl halides is 3. The van der Waals surface area contributed by atoms with E-state index in [9.17, 15) is 18.0 Å². The van der Waals surface area contributed by atoms with E-state index in [0.29, 0.717) is 5.17 Å². The number of carbonyl (C=O) groups excluding carboxylic acids is 1. The first-order valence-corrected chi connectivity index (χ1v) is 7.65. The highest BCUT2D eigenvalue weighted by Gasteiger charge is 2.50. The van der Waals surface area contributed by atoms with E-state index in [1.807, 2.05) is 11.9 Å². The van der Waals surface area contributed by atoms with Crippen LogP contribution in [-0.4, -0.2) is 40.0 Å². The summed E-state index contributed by atoms with van der Waals surface area (Å²) < 4.78 is 36.2. The highest BCUT2D eigenvalue weighted by Crippen LogP contribution is 2.43. The van der Waals surface area contributed by atoms with Crippen molar-refractivity contribution in [2.75, 3.05) is 7.05 Å². The molecule has 1 atom stereocenters. The van der Waals surface area contributed by atoms with E-state index in [0.717, 1.165) is 37.4 Å². The van der Waals surface area contributed by atoms with Crippen LogP contribution in [0.3, 0.4) is 0 Å². The summed E-state index contributed by atoms with van der Waals surface area (Å²) in [7, 11) is 1.83. The summed E-state index contributed by atoms with van der Waals surface area (Å²) >= 11 is 0.956. The monoisotopic (exact) mass is 308 g/mol. The van der Waals surface area contributed by atoms with Crippen LogP contribution in [0.5, 0.6) is 0 Å². The fourth-order valence-corrected chi connectivity index (χ4v) is 3.94. The van der Waals surface area contributed by atoms with E-state index >= 15 is 0 Å². The van der Waals surface area contributed by atoms with E-state index in [2.05, 4.69) is 4.99 Å². The lowest BCUT2D eigenvalue weighted by Gasteiger charge is -2.33. The molecule has 0 aromatic heterocycles. The van der Waals surface area contributed by atoms with Gasteiger partial charge in [0.25, 0.3) is 5.91 Å². The van der Waals surface area contributed by atoms with Crippen molar-refractivity contribution in [2.45, 2.75) is 62.4 Å². The summed E-state index contributed by atoms with van der Waals surface area (Å²) in [5, 5.41) is 0.439. The summed E-state index contributed by atoms with van der Waals surface area (Å²) in [5.74, 6) is -0.669. The first-order valence-electron chi connectivity index (χ1n) is 6.83. The molecule has 1 unspecified atom stereocenters. The minimum absolute atomic E-state index is 0.288. The summed E-state index contributed by atoms with van der Waals surface area (Å²) in [6.45, 7) is 1.33. The van der Waals surface area contributed by atoms with Crippen LogP contribution >= 0.6 is 11.8 Å². The summed E-state index contributed by atoms with van der Waals surface area (Å²) in [5.41, 5.74) is 0. The molecule has 0 radical (unpaired) electrons. The highest BCUT2D eigenvalue weighted by molar-refractivity contribution is 8.16. The molecule has 7 heteroatoms. The predicted octanol–water partition coefficient (Wildman–Crippen LogP) is 3.59. The molecule has 0 bridgehead atoms. The fraction of sp³-hybridized carbons (Fsp3) is 0.846. The number of rotatable bonds is 2. The van der Waals surface area contributed by atoms with Gasteiger partial charge in [0.1, 0.15) is 4.75 Å². The molecule has 0 spiro atoms. The predicted molar refractivity (Wildman–Crippen MR) is 73.7 cm³/mol. The average molecular weight is 308 g/mol. The lowest BCUT2D eigenvalue weighted by atomic mass is 9.95. The smallest absolute Gasteiger partial charge is 0.351 e. The lowest BCUT2D eigenvalue weighted by Crippen LogP contribution is -2.38. The number of carbonyl (C=O) groups is 1. The normalized spacial score (nSPS) is 28.6. The Morgan fingerprint density at radius 2 is 1.95 bits per heavy atom. The Morgan fingerprint density at radius 3 is 2.50 bits per heavy atom. The van der Waals surface area contributed by atoms with Crippen LogP contribution in [0.15, 0.2) is 4.99 Å². The molecular formula is C13H19F3N2OS. The van der Waals surface area contributed by atoms with Gasteiger partial charge in [-0.3, -0.25) is 4.79 Å². The molecule has 1 aliphatic carbocycles. The zero-order chi connectivity index (χ0) is 15.0. The molecule has 1 amide bonds. The molecule has 114 valence electrons. The van der Waals surface area contributed by atoms with Crippen LogP contribution in [-0.2, 0) is 4.79 Å². The molecule has 0 N–H and O–H groups in total. The van der Waals surface area contributed by atoms with Crippen LogP contribution in [0, 0.1) is 0 Å². The second-order valence-corrected chi connectivity index (χ2v) is 7.20. The summed E-state index contributed by atoms with van der Waals surface area (Å²) in [6, 6.07) is 0.288. The zero-order valence-electron chi connectivity index (χ0n) is 11.7. The molecule has 0 saturated heterocycles. The molecule has 2 rings (SSSR count). The van der Waals surface area contributed by atoms with Crippen molar-refractivity contribution in [1.29, 1.82) is 0 Å². The Labute approximate surface area is 121 Å². The third-order valence-corrected chi connectivity index (χ3v) is 5.26. The van der Waals surface area contributed by atoms with Crippen LogP contribution in [0.2, 0.25) is 0 Å².